The Morgan fingerprint density at radius 1 is 1.21 bits per heavy atom. The van der Waals surface area contributed by atoms with Gasteiger partial charge in [0.15, 0.2) is 11.7 Å². The number of nitrogens with one attached hydrogen (secondary N) is 2. The Morgan fingerprint density at radius 3 is 2.50 bits per heavy atom. The van der Waals surface area contributed by atoms with E-state index >= 15 is 0 Å². The van der Waals surface area contributed by atoms with E-state index in [2.05, 4.69) is 15.6 Å². The topological polar surface area (TPSA) is 92.6 Å². The van der Waals surface area contributed by atoms with Crippen molar-refractivity contribution in [2.45, 2.75) is 26.2 Å². The number of benzene rings is 1. The highest BCUT2D eigenvalue weighted by Crippen LogP contribution is 2.32. The van der Waals surface area contributed by atoms with Crippen LogP contribution in [-0.2, 0) is 19.3 Å². The van der Waals surface area contributed by atoms with Crippen LogP contribution in [0.15, 0.2) is 39.7 Å². The fourth-order valence-electron chi connectivity index (χ4n) is 2.23. The molecule has 0 fully saturated rings. The van der Waals surface area contributed by atoms with Gasteiger partial charge in [0.2, 0.25) is 0 Å². The third-order valence-electron chi connectivity index (χ3n) is 3.46. The van der Waals surface area contributed by atoms with Gasteiger partial charge in [0, 0.05) is 6.54 Å². The highest BCUT2D eigenvalue weighted by Gasteiger charge is 2.33. The summed E-state index contributed by atoms with van der Waals surface area (Å²) in [6, 6.07) is 5.40. The van der Waals surface area contributed by atoms with E-state index in [-0.39, 0.29) is 54.3 Å². The Morgan fingerprint density at radius 2 is 1.93 bits per heavy atom. The SMILES string of the molecule is CCNC(=NCc1ccc(F)cc1C(F)(F)F)NCc1ccc(C(N)=O)o1.I. The average Bonchev–Trinajstić information content (AvgIpc) is 3.06. The summed E-state index contributed by atoms with van der Waals surface area (Å²) in [5.41, 5.74) is 3.87. The van der Waals surface area contributed by atoms with Crippen LogP contribution < -0.4 is 16.4 Å². The molecule has 6 nitrogen and oxygen atoms in total. The molecule has 1 heterocycles. The number of nitrogens with two attached hydrogens (primary N) is 1. The second-order valence-corrected chi connectivity index (χ2v) is 5.48. The van der Waals surface area contributed by atoms with Crippen molar-refractivity contribution in [1.29, 1.82) is 0 Å². The molecule has 0 atom stereocenters. The van der Waals surface area contributed by atoms with Crippen LogP contribution in [0, 0.1) is 5.82 Å². The highest BCUT2D eigenvalue weighted by atomic mass is 127. The predicted octanol–water partition coefficient (Wildman–Crippen LogP) is 3.41. The summed E-state index contributed by atoms with van der Waals surface area (Å²) in [5.74, 6) is -1.06. The van der Waals surface area contributed by atoms with E-state index in [9.17, 15) is 22.4 Å². The minimum Gasteiger partial charge on any atom is -0.454 e. The van der Waals surface area contributed by atoms with Gasteiger partial charge in [0.25, 0.3) is 5.91 Å². The molecule has 0 bridgehead atoms. The first-order valence-electron chi connectivity index (χ1n) is 7.97. The predicted molar refractivity (Wildman–Crippen MR) is 106 cm³/mol. The number of nitrogens with zero attached hydrogens (tertiary/aromatic N) is 1. The number of primary amides is 1. The van der Waals surface area contributed by atoms with Crippen molar-refractivity contribution in [3.63, 3.8) is 0 Å². The standard InChI is InChI=1S/C17H18F4N4O2.HI/c1-2-23-16(25-9-12-5-6-14(27-12)15(22)26)24-8-10-3-4-11(18)7-13(10)17(19,20)21;/h3-7H,2,8-9H2,1H3,(H2,22,26)(H2,23,24,25);1H. The van der Waals surface area contributed by atoms with Crippen molar-refractivity contribution in [3.8, 4) is 0 Å². The first-order chi connectivity index (χ1) is 12.7. The molecule has 11 heteroatoms. The van der Waals surface area contributed by atoms with E-state index in [0.717, 1.165) is 12.1 Å². The van der Waals surface area contributed by atoms with E-state index in [4.69, 9.17) is 10.2 Å². The molecule has 1 amide bonds. The number of hydrogen-bond donors (Lipinski definition) is 3. The smallest absolute Gasteiger partial charge is 0.416 e. The van der Waals surface area contributed by atoms with Gasteiger partial charge >= 0.3 is 6.18 Å². The van der Waals surface area contributed by atoms with Crippen molar-refractivity contribution in [2.24, 2.45) is 10.7 Å². The fourth-order valence-corrected chi connectivity index (χ4v) is 2.23. The Balaban J connectivity index is 0.00000392. The monoisotopic (exact) mass is 514 g/mol. The number of amides is 1. The molecule has 0 aliphatic heterocycles. The quantitative estimate of drug-likeness (QED) is 0.239. The van der Waals surface area contributed by atoms with Crippen molar-refractivity contribution in [2.75, 3.05) is 6.54 Å². The summed E-state index contributed by atoms with van der Waals surface area (Å²) >= 11 is 0. The van der Waals surface area contributed by atoms with Crippen molar-refractivity contribution >= 4 is 35.8 Å². The molecule has 0 unspecified atom stereocenters. The number of carbonyl (C=O) groups is 1. The van der Waals surface area contributed by atoms with E-state index in [1.54, 1.807) is 13.0 Å². The van der Waals surface area contributed by atoms with Gasteiger partial charge in [-0.1, -0.05) is 6.07 Å². The van der Waals surface area contributed by atoms with E-state index in [0.29, 0.717) is 18.4 Å². The summed E-state index contributed by atoms with van der Waals surface area (Å²) in [6.07, 6.45) is -4.68. The lowest BCUT2D eigenvalue weighted by molar-refractivity contribution is -0.138. The molecule has 28 heavy (non-hydrogen) atoms. The zero-order valence-electron chi connectivity index (χ0n) is 14.8. The minimum atomic E-state index is -4.68. The third-order valence-corrected chi connectivity index (χ3v) is 3.46. The minimum absolute atomic E-state index is 0. The second kappa shape index (κ2) is 10.3. The van der Waals surface area contributed by atoms with Crippen LogP contribution in [-0.4, -0.2) is 18.4 Å². The van der Waals surface area contributed by atoms with Gasteiger partial charge in [-0.3, -0.25) is 4.79 Å². The van der Waals surface area contributed by atoms with E-state index < -0.39 is 23.5 Å². The maximum atomic E-state index is 13.2. The van der Waals surface area contributed by atoms with Crippen LogP contribution in [0.2, 0.25) is 0 Å². The molecule has 1 aromatic heterocycles. The first-order valence-corrected chi connectivity index (χ1v) is 7.97. The first kappa shape index (κ1) is 23.7. The molecule has 2 rings (SSSR count). The van der Waals surface area contributed by atoms with Gasteiger partial charge in [-0.25, -0.2) is 9.38 Å². The van der Waals surface area contributed by atoms with Gasteiger partial charge in [0.05, 0.1) is 18.7 Å². The Kier molecular flexibility index (Phi) is 8.72. The number of halogens is 5. The van der Waals surface area contributed by atoms with Crippen LogP contribution in [0.25, 0.3) is 0 Å². The third kappa shape index (κ3) is 6.69. The van der Waals surface area contributed by atoms with Crippen molar-refractivity contribution in [3.05, 3.63) is 58.8 Å². The summed E-state index contributed by atoms with van der Waals surface area (Å²) < 4.78 is 57.5. The van der Waals surface area contributed by atoms with Crippen molar-refractivity contribution in [1.82, 2.24) is 10.6 Å². The van der Waals surface area contributed by atoms with Crippen LogP contribution in [0.3, 0.4) is 0 Å². The lowest BCUT2D eigenvalue weighted by Gasteiger charge is -2.13. The molecule has 1 aromatic carbocycles. The zero-order valence-corrected chi connectivity index (χ0v) is 17.1. The van der Waals surface area contributed by atoms with Gasteiger partial charge in [-0.05, 0) is 36.8 Å². The largest absolute Gasteiger partial charge is 0.454 e. The van der Waals surface area contributed by atoms with Crippen LogP contribution in [0.5, 0.6) is 0 Å². The number of alkyl halides is 3. The maximum absolute atomic E-state index is 13.2. The molecule has 154 valence electrons. The maximum Gasteiger partial charge on any atom is 0.416 e. The summed E-state index contributed by atoms with van der Waals surface area (Å²) in [7, 11) is 0. The lowest BCUT2D eigenvalue weighted by atomic mass is 10.1. The summed E-state index contributed by atoms with van der Waals surface area (Å²) in [6.45, 7) is 2.07. The molecule has 0 aliphatic carbocycles. The van der Waals surface area contributed by atoms with Gasteiger partial charge in [0.1, 0.15) is 11.6 Å². The molecular weight excluding hydrogens is 495 g/mol. The number of hydrogen-bond acceptors (Lipinski definition) is 3. The van der Waals surface area contributed by atoms with Gasteiger partial charge < -0.3 is 20.8 Å². The summed E-state index contributed by atoms with van der Waals surface area (Å²) in [5, 5.41) is 5.74. The molecule has 0 saturated carbocycles. The van der Waals surface area contributed by atoms with Crippen LogP contribution >= 0.6 is 24.0 Å². The Hall–Kier alpha value is -2.31. The molecule has 0 radical (unpaired) electrons. The van der Waals surface area contributed by atoms with Crippen LogP contribution in [0.1, 0.15) is 34.4 Å². The zero-order chi connectivity index (χ0) is 20.0. The van der Waals surface area contributed by atoms with Gasteiger partial charge in [-0.2, -0.15) is 13.2 Å². The number of furan rings is 1. The van der Waals surface area contributed by atoms with Crippen molar-refractivity contribution < 1.29 is 26.8 Å². The molecule has 4 N–H and O–H groups in total. The average molecular weight is 514 g/mol. The lowest BCUT2D eigenvalue weighted by Crippen LogP contribution is -2.36. The van der Waals surface area contributed by atoms with Crippen LogP contribution in [0.4, 0.5) is 17.6 Å². The molecule has 0 spiro atoms. The fraction of sp³-hybridized carbons (Fsp3) is 0.294. The number of rotatable bonds is 6. The molecule has 2 aromatic rings. The Labute approximate surface area is 175 Å². The summed E-state index contributed by atoms with van der Waals surface area (Å²) in [4.78, 5) is 15.1. The normalized spacial score (nSPS) is 11.7. The number of aliphatic imine (C=N–C) groups is 1. The van der Waals surface area contributed by atoms with E-state index in [1.807, 2.05) is 0 Å². The molecular formula is C17H19F4IN4O2. The number of guanidine groups is 1. The van der Waals surface area contributed by atoms with E-state index in [1.165, 1.54) is 6.07 Å². The highest BCUT2D eigenvalue weighted by molar-refractivity contribution is 14.0. The molecule has 0 saturated heterocycles. The molecule has 0 aliphatic rings. The van der Waals surface area contributed by atoms with Gasteiger partial charge in [-0.15, -0.1) is 24.0 Å². The second-order valence-electron chi connectivity index (χ2n) is 5.48. The Bertz CT molecular complexity index is 837. The number of carbonyl (C=O) groups excluding carboxylic acids is 1.